The van der Waals surface area contributed by atoms with E-state index in [1.165, 1.54) is 28.2 Å². The van der Waals surface area contributed by atoms with Crippen LogP contribution in [0.4, 0.5) is 17.1 Å². The fourth-order valence-corrected chi connectivity index (χ4v) is 2.94. The molecule has 3 nitrogen and oxygen atoms in total. The van der Waals surface area contributed by atoms with Crippen molar-refractivity contribution in [2.45, 2.75) is 13.0 Å². The number of fused-ring (bicyclic) bond motifs is 1. The summed E-state index contributed by atoms with van der Waals surface area (Å²) in [5, 5.41) is 3.56. The lowest BCUT2D eigenvalue weighted by Crippen LogP contribution is -2.12. The van der Waals surface area contributed by atoms with Crippen molar-refractivity contribution in [3.63, 3.8) is 0 Å². The zero-order valence-electron chi connectivity index (χ0n) is 13.1. The van der Waals surface area contributed by atoms with Crippen LogP contribution in [0.25, 0.3) is 0 Å². The number of nitrogens with zero attached hydrogens (tertiary/aromatic N) is 2. The largest absolute Gasteiger partial charge is 0.379 e. The Balaban J connectivity index is 1.74. The molecule has 3 rings (SSSR count). The second-order valence-electron chi connectivity index (χ2n) is 5.90. The number of hydrogen-bond acceptors (Lipinski definition) is 3. The predicted molar refractivity (Wildman–Crippen MR) is 91.5 cm³/mol. The van der Waals surface area contributed by atoms with Gasteiger partial charge in [-0.25, -0.2) is 0 Å². The van der Waals surface area contributed by atoms with Gasteiger partial charge in [-0.05, 0) is 35.7 Å². The molecule has 2 aromatic carbocycles. The monoisotopic (exact) mass is 281 g/mol. The number of rotatable bonds is 4. The SMILES string of the molecule is CN(C)c1ccccc1NCc1ccc2c(c1)CCN2C. The van der Waals surface area contributed by atoms with Crippen LogP contribution < -0.4 is 15.1 Å². The van der Waals surface area contributed by atoms with E-state index in [9.17, 15) is 0 Å². The van der Waals surface area contributed by atoms with Gasteiger partial charge in [-0.2, -0.15) is 0 Å². The first-order chi connectivity index (χ1) is 10.1. The van der Waals surface area contributed by atoms with Gasteiger partial charge in [-0.15, -0.1) is 0 Å². The van der Waals surface area contributed by atoms with Crippen LogP contribution >= 0.6 is 0 Å². The number of para-hydroxylation sites is 2. The van der Waals surface area contributed by atoms with Crippen molar-refractivity contribution in [2.24, 2.45) is 0 Å². The average Bonchev–Trinajstić information content (AvgIpc) is 2.86. The Labute approximate surface area is 127 Å². The molecule has 0 atom stereocenters. The molecule has 0 aliphatic carbocycles. The standard InChI is InChI=1S/C18H23N3/c1-20(2)18-7-5-4-6-16(18)19-13-14-8-9-17-15(12-14)10-11-21(17)3/h4-9,12,19H,10-11,13H2,1-3H3. The highest BCUT2D eigenvalue weighted by molar-refractivity contribution is 5.69. The molecule has 0 spiro atoms. The molecule has 110 valence electrons. The summed E-state index contributed by atoms with van der Waals surface area (Å²) in [6, 6.07) is 15.2. The van der Waals surface area contributed by atoms with Crippen LogP contribution in [0.3, 0.4) is 0 Å². The third-order valence-corrected chi connectivity index (χ3v) is 4.14. The van der Waals surface area contributed by atoms with Gasteiger partial charge in [0.05, 0.1) is 11.4 Å². The highest BCUT2D eigenvalue weighted by Gasteiger charge is 2.15. The Hall–Kier alpha value is -2.16. The van der Waals surface area contributed by atoms with E-state index in [1.807, 2.05) is 0 Å². The smallest absolute Gasteiger partial charge is 0.0596 e. The van der Waals surface area contributed by atoms with Crippen LogP contribution in [0.2, 0.25) is 0 Å². The summed E-state index contributed by atoms with van der Waals surface area (Å²) in [4.78, 5) is 4.47. The van der Waals surface area contributed by atoms with Gasteiger partial charge < -0.3 is 15.1 Å². The predicted octanol–water partition coefficient (Wildman–Crippen LogP) is 3.36. The maximum absolute atomic E-state index is 3.56. The van der Waals surface area contributed by atoms with Crippen molar-refractivity contribution >= 4 is 17.1 Å². The van der Waals surface area contributed by atoms with Crippen LogP contribution in [0.15, 0.2) is 42.5 Å². The molecule has 1 N–H and O–H groups in total. The number of likely N-dealkylation sites (N-methyl/N-ethyl adjacent to an activating group) is 1. The lowest BCUT2D eigenvalue weighted by atomic mass is 10.1. The van der Waals surface area contributed by atoms with E-state index in [0.29, 0.717) is 0 Å². The van der Waals surface area contributed by atoms with E-state index in [4.69, 9.17) is 0 Å². The molecule has 1 aliphatic heterocycles. The van der Waals surface area contributed by atoms with Crippen LogP contribution in [-0.2, 0) is 13.0 Å². The molecule has 3 heteroatoms. The maximum atomic E-state index is 3.56. The highest BCUT2D eigenvalue weighted by atomic mass is 15.1. The molecule has 0 aromatic heterocycles. The summed E-state index contributed by atoms with van der Waals surface area (Å²) in [6.45, 7) is 2.00. The molecule has 0 saturated carbocycles. The van der Waals surface area contributed by atoms with Crippen LogP contribution in [0.1, 0.15) is 11.1 Å². The van der Waals surface area contributed by atoms with E-state index in [-0.39, 0.29) is 0 Å². The molecule has 0 unspecified atom stereocenters. The van der Waals surface area contributed by atoms with Gasteiger partial charge in [0.25, 0.3) is 0 Å². The minimum atomic E-state index is 0.863. The Bertz CT molecular complexity index is 634. The number of nitrogens with one attached hydrogen (secondary N) is 1. The second kappa shape index (κ2) is 5.68. The van der Waals surface area contributed by atoms with Gasteiger partial charge in [0, 0.05) is 39.9 Å². The third-order valence-electron chi connectivity index (χ3n) is 4.14. The van der Waals surface area contributed by atoms with E-state index in [2.05, 4.69) is 78.7 Å². The van der Waals surface area contributed by atoms with Gasteiger partial charge in [-0.1, -0.05) is 24.3 Å². The lowest BCUT2D eigenvalue weighted by molar-refractivity contribution is 0.955. The highest BCUT2D eigenvalue weighted by Crippen LogP contribution is 2.28. The molecule has 21 heavy (non-hydrogen) atoms. The minimum Gasteiger partial charge on any atom is -0.379 e. The summed E-state index contributed by atoms with van der Waals surface area (Å²) >= 11 is 0. The molecular formula is C18H23N3. The second-order valence-corrected chi connectivity index (χ2v) is 5.90. The van der Waals surface area contributed by atoms with Crippen molar-refractivity contribution < 1.29 is 0 Å². The number of anilines is 3. The van der Waals surface area contributed by atoms with E-state index >= 15 is 0 Å². The molecule has 1 aliphatic rings. The molecule has 0 fully saturated rings. The summed E-state index contributed by atoms with van der Waals surface area (Å²) in [7, 11) is 6.31. The van der Waals surface area contributed by atoms with E-state index in [0.717, 1.165) is 19.5 Å². The molecule has 0 bridgehead atoms. The fraction of sp³-hybridized carbons (Fsp3) is 0.333. The molecule has 0 saturated heterocycles. The first kappa shape index (κ1) is 13.8. The van der Waals surface area contributed by atoms with Gasteiger partial charge in [0.15, 0.2) is 0 Å². The minimum absolute atomic E-state index is 0.863. The average molecular weight is 281 g/mol. The van der Waals surface area contributed by atoms with Crippen molar-refractivity contribution in [3.05, 3.63) is 53.6 Å². The summed E-state index contributed by atoms with van der Waals surface area (Å²) in [5.74, 6) is 0. The van der Waals surface area contributed by atoms with Gasteiger partial charge >= 0.3 is 0 Å². The number of hydrogen-bond donors (Lipinski definition) is 1. The van der Waals surface area contributed by atoms with Crippen molar-refractivity contribution in [3.8, 4) is 0 Å². The summed E-state index contributed by atoms with van der Waals surface area (Å²) in [6.07, 6.45) is 1.16. The zero-order chi connectivity index (χ0) is 14.8. The molecule has 0 radical (unpaired) electrons. The zero-order valence-corrected chi connectivity index (χ0v) is 13.1. The first-order valence-corrected chi connectivity index (χ1v) is 7.48. The summed E-state index contributed by atoms with van der Waals surface area (Å²) in [5.41, 5.74) is 6.60. The van der Waals surface area contributed by atoms with Crippen molar-refractivity contribution in [2.75, 3.05) is 42.8 Å². The fourth-order valence-electron chi connectivity index (χ4n) is 2.94. The number of benzene rings is 2. The molecule has 1 heterocycles. The third kappa shape index (κ3) is 2.82. The van der Waals surface area contributed by atoms with E-state index < -0.39 is 0 Å². The topological polar surface area (TPSA) is 18.5 Å². The molecule has 0 amide bonds. The Kier molecular flexibility index (Phi) is 3.74. The van der Waals surface area contributed by atoms with Crippen LogP contribution in [-0.4, -0.2) is 27.7 Å². The van der Waals surface area contributed by atoms with Gasteiger partial charge in [0.1, 0.15) is 0 Å². The van der Waals surface area contributed by atoms with Gasteiger partial charge in [0.2, 0.25) is 0 Å². The van der Waals surface area contributed by atoms with Gasteiger partial charge in [-0.3, -0.25) is 0 Å². The Morgan fingerprint density at radius 1 is 1.14 bits per heavy atom. The van der Waals surface area contributed by atoms with E-state index in [1.54, 1.807) is 0 Å². The van der Waals surface area contributed by atoms with Crippen LogP contribution in [0, 0.1) is 0 Å². The molecular weight excluding hydrogens is 258 g/mol. The quantitative estimate of drug-likeness (QED) is 0.927. The summed E-state index contributed by atoms with van der Waals surface area (Å²) < 4.78 is 0. The normalized spacial score (nSPS) is 13.2. The molecule has 2 aromatic rings. The van der Waals surface area contributed by atoms with Crippen LogP contribution in [0.5, 0.6) is 0 Å². The van der Waals surface area contributed by atoms with Crippen molar-refractivity contribution in [1.82, 2.24) is 0 Å². The first-order valence-electron chi connectivity index (χ1n) is 7.48. The maximum Gasteiger partial charge on any atom is 0.0596 e. The van der Waals surface area contributed by atoms with Crippen molar-refractivity contribution in [1.29, 1.82) is 0 Å². The Morgan fingerprint density at radius 3 is 2.76 bits per heavy atom. The Morgan fingerprint density at radius 2 is 1.95 bits per heavy atom. The lowest BCUT2D eigenvalue weighted by Gasteiger charge is -2.18.